The fraction of sp³-hybridized carbons (Fsp3) is 0.600. The summed E-state index contributed by atoms with van der Waals surface area (Å²) in [6.07, 6.45) is -1.10. The molecule has 0 aliphatic carbocycles. The van der Waals surface area contributed by atoms with Crippen LogP contribution < -0.4 is 0 Å². The fourth-order valence-corrected chi connectivity index (χ4v) is 0.671. The van der Waals surface area contributed by atoms with Gasteiger partial charge in [-0.05, 0) is 13.8 Å². The second-order valence-corrected chi connectivity index (χ2v) is 2.97. The molecule has 0 amide bonds. The molecule has 0 rings (SSSR count). The van der Waals surface area contributed by atoms with E-state index in [2.05, 4.69) is 9.47 Å². The van der Waals surface area contributed by atoms with Crippen LogP contribution in [0.25, 0.3) is 0 Å². The molecule has 0 heterocycles. The molecule has 124 valence electrons. The lowest BCUT2D eigenvalue weighted by Gasteiger charge is -2.00. The van der Waals surface area contributed by atoms with Crippen LogP contribution in [-0.2, 0) is 48.6 Å². The zero-order chi connectivity index (χ0) is 17.3. The Balaban J connectivity index is -0.000000277. The molecular formula is C10H17O10S-. The second-order valence-electron chi connectivity index (χ2n) is 2.83. The molecule has 11 heteroatoms. The van der Waals surface area contributed by atoms with E-state index >= 15 is 0 Å². The lowest BCUT2D eigenvalue weighted by atomic mass is 10.4. The molecule has 0 fully saturated rings. The van der Waals surface area contributed by atoms with Gasteiger partial charge in [0, 0.05) is 0 Å². The molecule has 0 spiro atoms. The Hall–Kier alpha value is -2.17. The topological polar surface area (TPSA) is 161 Å². The van der Waals surface area contributed by atoms with Crippen molar-refractivity contribution in [3.8, 4) is 0 Å². The maximum absolute atomic E-state index is 10.6. The van der Waals surface area contributed by atoms with E-state index in [1.54, 1.807) is 13.8 Å². The van der Waals surface area contributed by atoms with Gasteiger partial charge in [0.05, 0.1) is 13.2 Å². The van der Waals surface area contributed by atoms with Crippen molar-refractivity contribution >= 4 is 35.4 Å². The minimum atomic E-state index is -1.31. The Kier molecular flexibility index (Phi) is 20.3. The van der Waals surface area contributed by atoms with Crippen LogP contribution in [0.3, 0.4) is 0 Å². The number of carbonyl (C=O) groups excluding carboxylic acids is 2. The molecule has 21 heavy (non-hydrogen) atoms. The summed E-state index contributed by atoms with van der Waals surface area (Å²) < 4.78 is 25.7. The van der Waals surface area contributed by atoms with Crippen molar-refractivity contribution in [3.63, 3.8) is 0 Å². The van der Waals surface area contributed by atoms with Gasteiger partial charge in [0.15, 0.2) is 0 Å². The number of rotatable bonds is 6. The molecule has 0 atom stereocenters. The van der Waals surface area contributed by atoms with Crippen LogP contribution in [-0.4, -0.2) is 47.3 Å². The second kappa shape index (κ2) is 17.8. The first-order valence-electron chi connectivity index (χ1n) is 5.44. The van der Waals surface area contributed by atoms with Gasteiger partial charge in [-0.15, -0.1) is 0 Å². The minimum absolute atomic E-state index is 0.290. The van der Waals surface area contributed by atoms with Gasteiger partial charge in [-0.1, -0.05) is 11.6 Å². The number of thiol groups is 1. The highest BCUT2D eigenvalue weighted by Gasteiger charge is 2.09. The van der Waals surface area contributed by atoms with Crippen LogP contribution in [0.1, 0.15) is 26.7 Å². The monoisotopic (exact) mass is 329 g/mol. The molecule has 2 N–H and O–H groups in total. The summed E-state index contributed by atoms with van der Waals surface area (Å²) in [6, 6.07) is 0. The number of carbonyl (C=O) groups is 4. The van der Waals surface area contributed by atoms with Gasteiger partial charge in [-0.2, -0.15) is 0 Å². The zero-order valence-corrected chi connectivity index (χ0v) is 12.3. The van der Waals surface area contributed by atoms with Crippen molar-refractivity contribution in [2.75, 3.05) is 13.2 Å². The van der Waals surface area contributed by atoms with Crippen LogP contribution in [0.15, 0.2) is 0 Å². The first-order chi connectivity index (χ1) is 9.74. The Labute approximate surface area is 123 Å². The standard InChI is InChI=1S/C7H12O4.C3H4O4.HO2S/c1-3-10-6(8)5-7(9)11-4-2;4-2(5)1-3(6)7;1-3-2/h3-5H2,1-2H3;1H2,(H,4,5)(H,6,7);3H/q;;-1. The molecule has 0 aromatic rings. The van der Waals surface area contributed by atoms with E-state index in [0.717, 1.165) is 0 Å². The first-order valence-corrected chi connectivity index (χ1v) is 6.17. The average molecular weight is 329 g/mol. The molecule has 10 nitrogen and oxygen atoms in total. The van der Waals surface area contributed by atoms with E-state index in [0.29, 0.717) is 0 Å². The Morgan fingerprint density at radius 2 is 1.10 bits per heavy atom. The van der Waals surface area contributed by atoms with Crippen LogP contribution in [0, 0.1) is 0 Å². The Morgan fingerprint density at radius 1 is 0.810 bits per heavy atom. The molecule has 0 aromatic heterocycles. The van der Waals surface area contributed by atoms with Gasteiger partial charge in [0.2, 0.25) is 0 Å². The number of hydrogen-bond acceptors (Lipinski definition) is 9. The highest BCUT2D eigenvalue weighted by Crippen LogP contribution is 1.89. The van der Waals surface area contributed by atoms with Gasteiger partial charge in [0.1, 0.15) is 12.8 Å². The number of carboxylic acid groups (broad SMARTS) is 2. The Morgan fingerprint density at radius 3 is 1.24 bits per heavy atom. The quantitative estimate of drug-likeness (QED) is 0.282. The summed E-state index contributed by atoms with van der Waals surface area (Å²) in [4.78, 5) is 40.1. The van der Waals surface area contributed by atoms with E-state index in [1.165, 1.54) is 0 Å². The number of hydrogen-bond donors (Lipinski definition) is 2. The SMILES string of the molecule is CCOC(=O)CC(=O)OCC.O=C(O)CC(=O)O.O=[SH-]=O. The van der Waals surface area contributed by atoms with Crippen LogP contribution in [0.5, 0.6) is 0 Å². The summed E-state index contributed by atoms with van der Waals surface area (Å²) in [6.45, 7) is 3.95. The third-order valence-corrected chi connectivity index (χ3v) is 1.20. The van der Waals surface area contributed by atoms with E-state index < -0.39 is 41.9 Å². The minimum Gasteiger partial charge on any atom is -0.481 e. The molecule has 0 aromatic carbocycles. The molecular weight excluding hydrogens is 312 g/mol. The summed E-state index contributed by atoms with van der Waals surface area (Å²) >= 11 is -1.08. The van der Waals surface area contributed by atoms with E-state index in [9.17, 15) is 19.2 Å². The van der Waals surface area contributed by atoms with Crippen molar-refractivity contribution in [1.82, 2.24) is 0 Å². The molecule has 0 aliphatic rings. The first kappa shape index (κ1) is 23.9. The number of carboxylic acids is 2. The lowest BCUT2D eigenvalue weighted by Crippen LogP contribution is -2.13. The Bertz CT molecular complexity index is 344. The third kappa shape index (κ3) is 31.9. The predicted molar refractivity (Wildman–Crippen MR) is 67.9 cm³/mol. The summed E-state index contributed by atoms with van der Waals surface area (Å²) in [5.41, 5.74) is 0. The summed E-state index contributed by atoms with van der Waals surface area (Å²) in [5, 5.41) is 15.4. The highest BCUT2D eigenvalue weighted by atomic mass is 32.1. The van der Waals surface area contributed by atoms with Crippen LogP contribution in [0.2, 0.25) is 0 Å². The number of esters is 2. The largest absolute Gasteiger partial charge is 0.481 e. The van der Waals surface area contributed by atoms with Gasteiger partial charge >= 0.3 is 23.9 Å². The van der Waals surface area contributed by atoms with E-state index in [4.69, 9.17) is 18.6 Å². The highest BCUT2D eigenvalue weighted by molar-refractivity contribution is 7.51. The maximum Gasteiger partial charge on any atom is 0.317 e. The van der Waals surface area contributed by atoms with Crippen molar-refractivity contribution in [1.29, 1.82) is 0 Å². The molecule has 0 bridgehead atoms. The van der Waals surface area contributed by atoms with Crippen LogP contribution in [0.4, 0.5) is 0 Å². The van der Waals surface area contributed by atoms with Gasteiger partial charge in [-0.3, -0.25) is 19.2 Å². The molecule has 0 radical (unpaired) electrons. The van der Waals surface area contributed by atoms with Crippen LogP contribution >= 0.6 is 0 Å². The molecule has 0 saturated carbocycles. The number of ether oxygens (including phenoxy) is 2. The molecule has 0 saturated heterocycles. The summed E-state index contributed by atoms with van der Waals surface area (Å²) in [7, 11) is 0. The third-order valence-electron chi connectivity index (χ3n) is 1.20. The molecule has 0 unspecified atom stereocenters. The fourth-order valence-electron chi connectivity index (χ4n) is 0.671. The average Bonchev–Trinajstić information content (AvgIpc) is 2.28. The maximum atomic E-state index is 10.6. The summed E-state index contributed by atoms with van der Waals surface area (Å²) in [5.74, 6) is -3.70. The lowest BCUT2D eigenvalue weighted by molar-refractivity contribution is -0.154. The smallest absolute Gasteiger partial charge is 0.317 e. The predicted octanol–water partition coefficient (Wildman–Crippen LogP) is -0.459. The van der Waals surface area contributed by atoms with Gasteiger partial charge in [0.25, 0.3) is 0 Å². The normalized spacial score (nSPS) is 8.10. The van der Waals surface area contributed by atoms with Crippen molar-refractivity contribution in [3.05, 3.63) is 0 Å². The van der Waals surface area contributed by atoms with Crippen molar-refractivity contribution < 1.29 is 47.3 Å². The van der Waals surface area contributed by atoms with E-state index in [1.807, 2.05) is 0 Å². The van der Waals surface area contributed by atoms with Gasteiger partial charge < -0.3 is 28.1 Å². The number of aliphatic carboxylic acids is 2. The molecule has 0 aliphatic heterocycles. The van der Waals surface area contributed by atoms with E-state index in [-0.39, 0.29) is 19.6 Å². The zero-order valence-electron chi connectivity index (χ0n) is 11.4. The van der Waals surface area contributed by atoms with Crippen molar-refractivity contribution in [2.24, 2.45) is 0 Å². The van der Waals surface area contributed by atoms with Gasteiger partial charge in [-0.25, -0.2) is 0 Å². The van der Waals surface area contributed by atoms with Crippen molar-refractivity contribution in [2.45, 2.75) is 26.7 Å².